The summed E-state index contributed by atoms with van der Waals surface area (Å²) in [7, 11) is -3.85. The molecule has 0 atom stereocenters. The van der Waals surface area contributed by atoms with Gasteiger partial charge in [0, 0.05) is 13.1 Å². The molecule has 0 saturated heterocycles. The van der Waals surface area contributed by atoms with E-state index in [0.717, 1.165) is 25.7 Å². The highest BCUT2D eigenvalue weighted by Crippen LogP contribution is 2.33. The van der Waals surface area contributed by atoms with Crippen molar-refractivity contribution < 1.29 is 18.3 Å². The number of anilines is 2. The van der Waals surface area contributed by atoms with Crippen molar-refractivity contribution in [1.29, 1.82) is 0 Å². The number of benzene rings is 1. The van der Waals surface area contributed by atoms with E-state index in [1.54, 1.807) is 12.1 Å². The molecule has 1 saturated carbocycles. The summed E-state index contributed by atoms with van der Waals surface area (Å²) in [5.74, 6) is -0.286. The molecule has 0 bridgehead atoms. The monoisotopic (exact) mass is 459 g/mol. The summed E-state index contributed by atoms with van der Waals surface area (Å²) in [6, 6.07) is 8.36. The Balaban J connectivity index is 1.80. The fraction of sp³-hybridized carbons (Fsp3) is 0.500. The van der Waals surface area contributed by atoms with Gasteiger partial charge in [0.25, 0.3) is 10.0 Å². The summed E-state index contributed by atoms with van der Waals surface area (Å²) in [5, 5.41) is 9.69. The maximum Gasteiger partial charge on any atom is 0.339 e. The maximum absolute atomic E-state index is 12.9. The molecule has 2 aromatic rings. The Morgan fingerprint density at radius 3 is 2.44 bits per heavy atom. The lowest BCUT2D eigenvalue weighted by atomic mass is 9.84. The number of rotatable bonds is 10. The predicted octanol–water partition coefficient (Wildman–Crippen LogP) is 5.25. The standard InChI is InChI=1S/C24H33N3O4S/c1-3-5-15-27(4-2)23-22(24(28)29)16-20(17-25-23)26-32(30,31)21-13-11-19(12-14-21)18-9-7-6-8-10-18/h11-14,16-18,26H,3-10,15H2,1-2H3,(H,28,29). The van der Waals surface area contributed by atoms with E-state index in [-0.39, 0.29) is 16.1 Å². The van der Waals surface area contributed by atoms with Gasteiger partial charge in [-0.2, -0.15) is 0 Å². The van der Waals surface area contributed by atoms with Crippen molar-refractivity contribution in [2.24, 2.45) is 0 Å². The normalized spacial score (nSPS) is 14.8. The highest BCUT2D eigenvalue weighted by Gasteiger charge is 2.21. The smallest absolute Gasteiger partial charge is 0.339 e. The number of carboxylic acid groups (broad SMARTS) is 1. The molecule has 1 aliphatic rings. The first-order valence-electron chi connectivity index (χ1n) is 11.5. The highest BCUT2D eigenvalue weighted by molar-refractivity contribution is 7.92. The number of hydrogen-bond donors (Lipinski definition) is 2. The van der Waals surface area contributed by atoms with Crippen LogP contribution in [-0.2, 0) is 10.0 Å². The van der Waals surface area contributed by atoms with E-state index in [0.29, 0.717) is 24.8 Å². The van der Waals surface area contributed by atoms with E-state index in [2.05, 4.69) is 16.6 Å². The average molecular weight is 460 g/mol. The minimum Gasteiger partial charge on any atom is -0.478 e. The molecule has 0 radical (unpaired) electrons. The molecule has 0 amide bonds. The molecule has 0 aliphatic heterocycles. The molecule has 1 fully saturated rings. The lowest BCUT2D eigenvalue weighted by molar-refractivity contribution is 0.0697. The second-order valence-corrected chi connectivity index (χ2v) is 10.0. The van der Waals surface area contributed by atoms with E-state index in [1.807, 2.05) is 24.0 Å². The van der Waals surface area contributed by atoms with Gasteiger partial charge in [0.15, 0.2) is 0 Å². The number of aromatic carboxylic acids is 1. The van der Waals surface area contributed by atoms with E-state index in [1.165, 1.54) is 37.1 Å². The summed E-state index contributed by atoms with van der Waals surface area (Å²) >= 11 is 0. The molecule has 1 aromatic heterocycles. The number of carbonyl (C=O) groups is 1. The molecule has 1 aromatic carbocycles. The molecule has 174 valence electrons. The van der Waals surface area contributed by atoms with Crippen molar-refractivity contribution in [2.75, 3.05) is 22.7 Å². The zero-order valence-corrected chi connectivity index (χ0v) is 19.7. The van der Waals surface area contributed by atoms with E-state index in [9.17, 15) is 18.3 Å². The number of carboxylic acids is 1. The largest absolute Gasteiger partial charge is 0.478 e. The number of nitrogens with zero attached hydrogens (tertiary/aromatic N) is 2. The molecule has 8 heteroatoms. The van der Waals surface area contributed by atoms with Crippen molar-refractivity contribution >= 4 is 27.5 Å². The Kier molecular flexibility index (Phi) is 8.12. The zero-order chi connectivity index (χ0) is 23.1. The van der Waals surface area contributed by atoms with E-state index >= 15 is 0 Å². The van der Waals surface area contributed by atoms with Crippen LogP contribution in [0.15, 0.2) is 41.4 Å². The Morgan fingerprint density at radius 1 is 1.16 bits per heavy atom. The molecular weight excluding hydrogens is 426 g/mol. The van der Waals surface area contributed by atoms with Gasteiger partial charge in [0.1, 0.15) is 11.4 Å². The average Bonchev–Trinajstić information content (AvgIpc) is 2.80. The second-order valence-electron chi connectivity index (χ2n) is 8.34. The fourth-order valence-corrected chi connectivity index (χ4v) is 5.29. The van der Waals surface area contributed by atoms with Crippen molar-refractivity contribution in [3.05, 3.63) is 47.7 Å². The molecule has 0 unspecified atom stereocenters. The van der Waals surface area contributed by atoms with Crippen LogP contribution in [0.3, 0.4) is 0 Å². The number of hydrogen-bond acceptors (Lipinski definition) is 5. The number of unbranched alkanes of at least 4 members (excludes halogenated alkanes) is 1. The van der Waals surface area contributed by atoms with Gasteiger partial charge in [-0.05, 0) is 55.9 Å². The first-order chi connectivity index (χ1) is 15.4. The van der Waals surface area contributed by atoms with Crippen molar-refractivity contribution in [2.45, 2.75) is 69.6 Å². The fourth-order valence-electron chi connectivity index (χ4n) is 4.25. The van der Waals surface area contributed by atoms with Crippen LogP contribution in [0.25, 0.3) is 0 Å². The highest BCUT2D eigenvalue weighted by atomic mass is 32.2. The van der Waals surface area contributed by atoms with Gasteiger partial charge in [-0.15, -0.1) is 0 Å². The lowest BCUT2D eigenvalue weighted by Crippen LogP contribution is -2.27. The maximum atomic E-state index is 12.9. The van der Waals surface area contributed by atoms with Gasteiger partial charge in [0.05, 0.1) is 16.8 Å². The number of sulfonamides is 1. The second kappa shape index (κ2) is 10.8. The quantitative estimate of drug-likeness (QED) is 0.503. The van der Waals surface area contributed by atoms with Crippen LogP contribution >= 0.6 is 0 Å². The molecule has 2 N–H and O–H groups in total. The summed E-state index contributed by atoms with van der Waals surface area (Å²) in [4.78, 5) is 18.2. The molecule has 32 heavy (non-hydrogen) atoms. The molecule has 7 nitrogen and oxygen atoms in total. The number of pyridine rings is 1. The summed E-state index contributed by atoms with van der Waals surface area (Å²) in [6.07, 6.45) is 9.28. The summed E-state index contributed by atoms with van der Waals surface area (Å²) < 4.78 is 28.3. The number of aromatic nitrogens is 1. The Bertz CT molecular complexity index is 1020. The van der Waals surface area contributed by atoms with E-state index in [4.69, 9.17) is 0 Å². The van der Waals surface area contributed by atoms with Crippen LogP contribution in [0.4, 0.5) is 11.5 Å². The first-order valence-corrected chi connectivity index (χ1v) is 12.9. The Labute approximate surface area is 190 Å². The van der Waals surface area contributed by atoms with Gasteiger partial charge in [-0.25, -0.2) is 18.2 Å². The predicted molar refractivity (Wildman–Crippen MR) is 127 cm³/mol. The van der Waals surface area contributed by atoms with Crippen LogP contribution in [0, 0.1) is 0 Å². The molecule has 1 heterocycles. The minimum absolute atomic E-state index is 0.0178. The van der Waals surface area contributed by atoms with Crippen LogP contribution in [0.2, 0.25) is 0 Å². The minimum atomic E-state index is -3.85. The third-order valence-electron chi connectivity index (χ3n) is 6.08. The lowest BCUT2D eigenvalue weighted by Gasteiger charge is -2.23. The van der Waals surface area contributed by atoms with Crippen molar-refractivity contribution in [3.8, 4) is 0 Å². The number of nitrogens with one attached hydrogen (secondary N) is 1. The van der Waals surface area contributed by atoms with Crippen LogP contribution in [-0.4, -0.2) is 37.6 Å². The third kappa shape index (κ3) is 5.79. The Morgan fingerprint density at radius 2 is 1.84 bits per heavy atom. The topological polar surface area (TPSA) is 99.6 Å². The molecule has 0 spiro atoms. The van der Waals surface area contributed by atoms with Crippen LogP contribution in [0.1, 0.15) is 80.6 Å². The van der Waals surface area contributed by atoms with Crippen molar-refractivity contribution in [1.82, 2.24) is 4.98 Å². The van der Waals surface area contributed by atoms with Gasteiger partial charge in [-0.3, -0.25) is 4.72 Å². The Hall–Kier alpha value is -2.61. The summed E-state index contributed by atoms with van der Waals surface area (Å²) in [6.45, 7) is 5.32. The van der Waals surface area contributed by atoms with Crippen molar-refractivity contribution in [3.63, 3.8) is 0 Å². The van der Waals surface area contributed by atoms with Gasteiger partial charge in [-0.1, -0.05) is 44.7 Å². The molecule has 3 rings (SSSR count). The third-order valence-corrected chi connectivity index (χ3v) is 7.48. The first kappa shape index (κ1) is 24.0. The van der Waals surface area contributed by atoms with E-state index < -0.39 is 16.0 Å². The van der Waals surface area contributed by atoms with Gasteiger partial charge >= 0.3 is 5.97 Å². The SMILES string of the molecule is CCCCN(CC)c1ncc(NS(=O)(=O)c2ccc(C3CCCCC3)cc2)cc1C(=O)O. The van der Waals surface area contributed by atoms with Gasteiger partial charge in [0.2, 0.25) is 0 Å². The summed E-state index contributed by atoms with van der Waals surface area (Å²) in [5.41, 5.74) is 1.29. The van der Waals surface area contributed by atoms with Crippen LogP contribution < -0.4 is 9.62 Å². The molecule has 1 aliphatic carbocycles. The van der Waals surface area contributed by atoms with Gasteiger partial charge < -0.3 is 10.0 Å². The zero-order valence-electron chi connectivity index (χ0n) is 18.9. The molecular formula is C24H33N3O4S. The van der Waals surface area contributed by atoms with Crippen LogP contribution in [0.5, 0.6) is 0 Å².